The Kier molecular flexibility index (Phi) is 6.42. The molecule has 4 rings (SSSR count). The van der Waals surface area contributed by atoms with Crippen LogP contribution < -0.4 is 0 Å². The molecule has 0 saturated carbocycles. The predicted molar refractivity (Wildman–Crippen MR) is 126 cm³/mol. The summed E-state index contributed by atoms with van der Waals surface area (Å²) in [5, 5.41) is 1.21. The molecule has 3 heteroatoms. The summed E-state index contributed by atoms with van der Waals surface area (Å²) in [6.45, 7) is 2.21. The summed E-state index contributed by atoms with van der Waals surface area (Å²) < 4.78 is 4.94. The number of benzene rings is 3. The van der Waals surface area contributed by atoms with Gasteiger partial charge in [0.1, 0.15) is 0 Å². The first-order valence-corrected chi connectivity index (χ1v) is 10.8. The number of hydrogen-bond acceptors (Lipinski definition) is 3. The summed E-state index contributed by atoms with van der Waals surface area (Å²) in [4.78, 5) is 17.0. The molecule has 0 fully saturated rings. The van der Waals surface area contributed by atoms with Crippen molar-refractivity contribution >= 4 is 16.9 Å². The smallest absolute Gasteiger partial charge is 0.338 e. The highest BCUT2D eigenvalue weighted by Gasteiger charge is 2.13. The third kappa shape index (κ3) is 4.66. The lowest BCUT2D eigenvalue weighted by Gasteiger charge is -2.11. The second-order valence-corrected chi connectivity index (χ2v) is 7.80. The molecule has 0 atom stereocenters. The molecule has 3 nitrogen and oxygen atoms in total. The van der Waals surface area contributed by atoms with Gasteiger partial charge in [0, 0.05) is 11.1 Å². The number of fused-ring (bicyclic) bond motifs is 1. The maximum Gasteiger partial charge on any atom is 0.338 e. The largest absolute Gasteiger partial charge is 0.465 e. The number of pyridine rings is 1. The van der Waals surface area contributed by atoms with Crippen molar-refractivity contribution in [2.75, 3.05) is 7.11 Å². The summed E-state index contributed by atoms with van der Waals surface area (Å²) in [7, 11) is 1.41. The van der Waals surface area contributed by atoms with Crippen molar-refractivity contribution in [1.29, 1.82) is 0 Å². The monoisotopic (exact) mass is 409 g/mol. The Bertz CT molecular complexity index is 1200. The van der Waals surface area contributed by atoms with E-state index in [2.05, 4.69) is 61.5 Å². The van der Waals surface area contributed by atoms with Gasteiger partial charge in [-0.15, -0.1) is 0 Å². The van der Waals surface area contributed by atoms with Crippen LogP contribution in [-0.4, -0.2) is 18.1 Å². The third-order valence-electron chi connectivity index (χ3n) is 5.63. The van der Waals surface area contributed by atoms with Gasteiger partial charge in [-0.2, -0.15) is 0 Å². The minimum absolute atomic E-state index is 0.317. The van der Waals surface area contributed by atoms with Gasteiger partial charge in [-0.3, -0.25) is 4.98 Å². The molecule has 0 aliphatic rings. The molecular weight excluding hydrogens is 382 g/mol. The molecule has 3 aromatic carbocycles. The van der Waals surface area contributed by atoms with Gasteiger partial charge in [-0.05, 0) is 59.7 Å². The Morgan fingerprint density at radius 1 is 0.935 bits per heavy atom. The van der Waals surface area contributed by atoms with Crippen molar-refractivity contribution in [3.8, 4) is 11.1 Å². The number of carbonyl (C=O) groups excluding carboxylic acids is 1. The summed E-state index contributed by atoms with van der Waals surface area (Å²) in [6.07, 6.45) is 4.18. The van der Waals surface area contributed by atoms with E-state index < -0.39 is 0 Å². The number of aromatic nitrogens is 1. The van der Waals surface area contributed by atoms with Crippen LogP contribution >= 0.6 is 0 Å². The van der Waals surface area contributed by atoms with E-state index in [1.807, 2.05) is 18.2 Å². The number of rotatable bonds is 7. The van der Waals surface area contributed by atoms with E-state index >= 15 is 0 Å². The van der Waals surface area contributed by atoms with Crippen molar-refractivity contribution in [2.24, 2.45) is 0 Å². The number of hydrogen-bond donors (Lipinski definition) is 0. The molecule has 1 heterocycles. The zero-order chi connectivity index (χ0) is 21.6. The van der Waals surface area contributed by atoms with Crippen LogP contribution in [0.2, 0.25) is 0 Å². The highest BCUT2D eigenvalue weighted by Crippen LogP contribution is 2.27. The number of aryl methyl sites for hydroxylation is 1. The summed E-state index contributed by atoms with van der Waals surface area (Å²) in [5.41, 5.74) is 7.24. The van der Waals surface area contributed by atoms with Crippen LogP contribution in [-0.2, 0) is 17.6 Å². The van der Waals surface area contributed by atoms with Crippen molar-refractivity contribution in [3.05, 3.63) is 101 Å². The fourth-order valence-electron chi connectivity index (χ4n) is 3.99. The fraction of sp³-hybridized carbons (Fsp3) is 0.214. The topological polar surface area (TPSA) is 39.2 Å². The molecule has 0 amide bonds. The van der Waals surface area contributed by atoms with Crippen LogP contribution in [0.5, 0.6) is 0 Å². The summed E-state index contributed by atoms with van der Waals surface area (Å²) in [5.74, 6) is -0.317. The highest BCUT2D eigenvalue weighted by atomic mass is 16.5. The number of ether oxygens (including phenoxy) is 1. The molecule has 0 radical (unpaired) electrons. The van der Waals surface area contributed by atoms with Crippen molar-refractivity contribution < 1.29 is 9.53 Å². The molecule has 0 aliphatic carbocycles. The molecule has 1 aromatic heterocycles. The maximum absolute atomic E-state index is 12.1. The van der Waals surface area contributed by atoms with Gasteiger partial charge in [0.2, 0.25) is 0 Å². The lowest BCUT2D eigenvalue weighted by Crippen LogP contribution is -2.03. The standard InChI is InChI=1S/C28H27NO2/c1-3-4-9-23-19-22(25-11-7-8-13-27(25)29-23)18-20-14-16-21(17-15-20)24-10-5-6-12-26(24)28(30)31-2/h5-8,10-17,19H,3-4,9,18H2,1-2H3. The third-order valence-corrected chi connectivity index (χ3v) is 5.63. The number of unbranched alkanes of at least 4 members (excludes halogenated alkanes) is 1. The lowest BCUT2D eigenvalue weighted by atomic mass is 9.95. The van der Waals surface area contributed by atoms with Gasteiger partial charge in [0.05, 0.1) is 18.2 Å². The zero-order valence-corrected chi connectivity index (χ0v) is 18.1. The number of carbonyl (C=O) groups is 1. The van der Waals surface area contributed by atoms with Gasteiger partial charge in [-0.1, -0.05) is 74.0 Å². The summed E-state index contributed by atoms with van der Waals surface area (Å²) in [6, 6.07) is 26.6. The van der Waals surface area contributed by atoms with Gasteiger partial charge >= 0.3 is 5.97 Å². The predicted octanol–water partition coefficient (Wildman–Crippen LogP) is 6.62. The first kappa shape index (κ1) is 20.8. The van der Waals surface area contributed by atoms with E-state index in [4.69, 9.17) is 9.72 Å². The lowest BCUT2D eigenvalue weighted by molar-refractivity contribution is 0.0601. The fourth-order valence-corrected chi connectivity index (χ4v) is 3.99. The molecule has 0 spiro atoms. The summed E-state index contributed by atoms with van der Waals surface area (Å²) >= 11 is 0. The van der Waals surface area contributed by atoms with Crippen LogP contribution in [0.25, 0.3) is 22.0 Å². The van der Waals surface area contributed by atoms with Crippen LogP contribution in [0.1, 0.15) is 46.9 Å². The molecular formula is C28H27NO2. The van der Waals surface area contributed by atoms with E-state index in [0.29, 0.717) is 5.56 Å². The number of methoxy groups -OCH3 is 1. The Morgan fingerprint density at radius 3 is 2.45 bits per heavy atom. The Hall–Kier alpha value is -3.46. The number of nitrogens with zero attached hydrogens (tertiary/aromatic N) is 1. The van der Waals surface area contributed by atoms with Gasteiger partial charge in [-0.25, -0.2) is 4.79 Å². The Labute approximate surface area is 183 Å². The quantitative estimate of drug-likeness (QED) is 0.322. The number of esters is 1. The average Bonchev–Trinajstić information content (AvgIpc) is 2.82. The molecule has 0 bridgehead atoms. The van der Waals surface area contributed by atoms with Crippen LogP contribution in [0, 0.1) is 0 Å². The zero-order valence-electron chi connectivity index (χ0n) is 18.1. The SMILES string of the molecule is CCCCc1cc(Cc2ccc(-c3ccccc3C(=O)OC)cc2)c2ccccc2n1. The van der Waals surface area contributed by atoms with E-state index in [-0.39, 0.29) is 5.97 Å². The first-order chi connectivity index (χ1) is 15.2. The maximum atomic E-state index is 12.1. The van der Waals surface area contributed by atoms with Crippen molar-refractivity contribution in [3.63, 3.8) is 0 Å². The molecule has 31 heavy (non-hydrogen) atoms. The van der Waals surface area contributed by atoms with Crippen LogP contribution in [0.3, 0.4) is 0 Å². The second-order valence-electron chi connectivity index (χ2n) is 7.80. The van der Waals surface area contributed by atoms with E-state index in [1.165, 1.54) is 35.7 Å². The minimum Gasteiger partial charge on any atom is -0.465 e. The Balaban J connectivity index is 1.65. The second kappa shape index (κ2) is 9.57. The highest BCUT2D eigenvalue weighted by molar-refractivity contribution is 5.97. The van der Waals surface area contributed by atoms with Crippen molar-refractivity contribution in [2.45, 2.75) is 32.6 Å². The van der Waals surface area contributed by atoms with E-state index in [1.54, 1.807) is 6.07 Å². The molecule has 156 valence electrons. The molecule has 0 saturated heterocycles. The van der Waals surface area contributed by atoms with E-state index in [0.717, 1.165) is 35.9 Å². The molecule has 0 aliphatic heterocycles. The molecule has 0 unspecified atom stereocenters. The van der Waals surface area contributed by atoms with Crippen LogP contribution in [0.4, 0.5) is 0 Å². The average molecular weight is 410 g/mol. The van der Waals surface area contributed by atoms with Gasteiger partial charge in [0.25, 0.3) is 0 Å². The van der Waals surface area contributed by atoms with Gasteiger partial charge in [0.15, 0.2) is 0 Å². The van der Waals surface area contributed by atoms with E-state index in [9.17, 15) is 4.79 Å². The van der Waals surface area contributed by atoms with Crippen LogP contribution in [0.15, 0.2) is 78.9 Å². The Morgan fingerprint density at radius 2 is 1.68 bits per heavy atom. The molecule has 4 aromatic rings. The van der Waals surface area contributed by atoms with Gasteiger partial charge < -0.3 is 4.74 Å². The molecule has 0 N–H and O–H groups in total. The number of para-hydroxylation sites is 1. The first-order valence-electron chi connectivity index (χ1n) is 10.8. The van der Waals surface area contributed by atoms with Crippen molar-refractivity contribution in [1.82, 2.24) is 4.98 Å². The normalized spacial score (nSPS) is 10.9. The minimum atomic E-state index is -0.317.